The first-order valence-corrected chi connectivity index (χ1v) is 4.90. The van der Waals surface area contributed by atoms with Gasteiger partial charge < -0.3 is 16.8 Å². The third-order valence-corrected chi connectivity index (χ3v) is 2.15. The predicted octanol–water partition coefficient (Wildman–Crippen LogP) is -0.437. The van der Waals surface area contributed by atoms with Gasteiger partial charge in [-0.05, 0) is 18.8 Å². The van der Waals surface area contributed by atoms with E-state index in [2.05, 4.69) is 10.3 Å². The summed E-state index contributed by atoms with van der Waals surface area (Å²) in [6.07, 6.45) is 2.18. The highest BCUT2D eigenvalue weighted by atomic mass is 16.1. The number of hydrogen-bond donors (Lipinski definition) is 3. The van der Waals surface area contributed by atoms with Crippen LogP contribution in [0.1, 0.15) is 26.7 Å². The molecule has 5 nitrogen and oxygen atoms in total. The Hall–Kier alpha value is -1.26. The topological polar surface area (TPSA) is 93.5 Å². The molecule has 5 heteroatoms. The van der Waals surface area contributed by atoms with Gasteiger partial charge in [0, 0.05) is 0 Å². The van der Waals surface area contributed by atoms with Crippen LogP contribution in [0.4, 0.5) is 0 Å². The fourth-order valence-corrected chi connectivity index (χ4v) is 1.16. The summed E-state index contributed by atoms with van der Waals surface area (Å²) in [6.45, 7) is 3.82. The van der Waals surface area contributed by atoms with E-state index in [0.29, 0.717) is 12.0 Å². The number of carbonyl (C=O) groups excluding carboxylic acids is 1. The molecule has 0 heterocycles. The van der Waals surface area contributed by atoms with Crippen LogP contribution in [0.15, 0.2) is 4.99 Å². The van der Waals surface area contributed by atoms with Gasteiger partial charge in [0.15, 0.2) is 5.96 Å². The Bertz CT molecular complexity index is 245. The van der Waals surface area contributed by atoms with Crippen molar-refractivity contribution in [3.63, 3.8) is 0 Å². The molecule has 1 saturated carbocycles. The molecule has 1 atom stereocenters. The normalized spacial score (nSPS) is 19.5. The molecule has 1 aliphatic carbocycles. The molecule has 0 aromatic heterocycles. The van der Waals surface area contributed by atoms with Crippen LogP contribution < -0.4 is 16.8 Å². The summed E-state index contributed by atoms with van der Waals surface area (Å²) >= 11 is 0. The van der Waals surface area contributed by atoms with Crippen LogP contribution in [-0.4, -0.2) is 24.0 Å². The molecule has 0 saturated heterocycles. The first-order valence-electron chi connectivity index (χ1n) is 4.90. The van der Waals surface area contributed by atoms with Gasteiger partial charge in [0.05, 0.1) is 6.04 Å². The van der Waals surface area contributed by atoms with E-state index in [9.17, 15) is 4.79 Å². The minimum atomic E-state index is -0.433. The second-order valence-electron chi connectivity index (χ2n) is 4.01. The van der Waals surface area contributed by atoms with Crippen LogP contribution in [0.25, 0.3) is 0 Å². The lowest BCUT2D eigenvalue weighted by molar-refractivity contribution is -0.120. The minimum Gasteiger partial charge on any atom is -0.370 e. The highest BCUT2D eigenvalue weighted by Crippen LogP contribution is 2.23. The molecule has 80 valence electrons. The number of nitrogens with two attached hydrogens (primary N) is 2. The van der Waals surface area contributed by atoms with Crippen LogP contribution in [-0.2, 0) is 4.79 Å². The Balaban J connectivity index is 2.49. The molecule has 1 rings (SSSR count). The van der Waals surface area contributed by atoms with Crippen LogP contribution in [0.3, 0.4) is 0 Å². The number of aliphatic imine (C=N–C) groups is 1. The fourth-order valence-electron chi connectivity index (χ4n) is 1.16. The van der Waals surface area contributed by atoms with Gasteiger partial charge in [-0.3, -0.25) is 9.79 Å². The number of nitrogens with one attached hydrogen (secondary N) is 1. The standard InChI is InChI=1S/C9H18N4O/c1-5(2)7(8(10)14)13-9(11)12-6-3-4-6/h5-7H,3-4H2,1-2H3,(H2,10,14)(H3,11,12,13). The lowest BCUT2D eigenvalue weighted by Gasteiger charge is -2.19. The maximum absolute atomic E-state index is 11.0. The third kappa shape index (κ3) is 3.24. The Morgan fingerprint density at radius 2 is 2.00 bits per heavy atom. The van der Waals surface area contributed by atoms with Crippen molar-refractivity contribution in [2.45, 2.75) is 38.8 Å². The first kappa shape index (κ1) is 10.8. The van der Waals surface area contributed by atoms with Gasteiger partial charge >= 0.3 is 0 Å². The molecule has 0 bridgehead atoms. The van der Waals surface area contributed by atoms with E-state index >= 15 is 0 Å². The molecule has 1 aliphatic rings. The van der Waals surface area contributed by atoms with Gasteiger partial charge in [0.1, 0.15) is 6.04 Å². The Morgan fingerprint density at radius 3 is 2.36 bits per heavy atom. The van der Waals surface area contributed by atoms with E-state index in [4.69, 9.17) is 11.5 Å². The number of amides is 1. The molecule has 0 aromatic rings. The summed E-state index contributed by atoms with van der Waals surface area (Å²) in [5, 5.41) is 2.84. The van der Waals surface area contributed by atoms with Gasteiger partial charge in [-0.15, -0.1) is 0 Å². The largest absolute Gasteiger partial charge is 0.370 e. The van der Waals surface area contributed by atoms with Crippen molar-refractivity contribution >= 4 is 11.9 Å². The average molecular weight is 198 g/mol. The number of primary amides is 1. The van der Waals surface area contributed by atoms with E-state index in [1.54, 1.807) is 0 Å². The highest BCUT2D eigenvalue weighted by Gasteiger charge is 2.23. The summed E-state index contributed by atoms with van der Waals surface area (Å²) in [7, 11) is 0. The minimum absolute atomic E-state index is 0.112. The SMILES string of the molecule is CC(C)C(NC(N)=NC1CC1)C(N)=O. The Morgan fingerprint density at radius 1 is 1.43 bits per heavy atom. The number of guanidine groups is 1. The van der Waals surface area contributed by atoms with Gasteiger partial charge in [0.25, 0.3) is 0 Å². The molecular formula is C9H18N4O. The van der Waals surface area contributed by atoms with E-state index in [-0.39, 0.29) is 5.92 Å². The predicted molar refractivity (Wildman–Crippen MR) is 55.6 cm³/mol. The van der Waals surface area contributed by atoms with Gasteiger partial charge in [0.2, 0.25) is 5.91 Å². The van der Waals surface area contributed by atoms with Crippen LogP contribution in [0.2, 0.25) is 0 Å². The molecule has 0 aromatic carbocycles. The summed E-state index contributed by atoms with van der Waals surface area (Å²) in [5.74, 6) is 0.0411. The molecule has 1 unspecified atom stereocenters. The molecule has 0 aliphatic heterocycles. The Labute approximate surface area is 83.9 Å². The lowest BCUT2D eigenvalue weighted by Crippen LogP contribution is -2.50. The Kier molecular flexibility index (Phi) is 3.33. The van der Waals surface area contributed by atoms with Crippen molar-refractivity contribution in [1.29, 1.82) is 0 Å². The summed E-state index contributed by atoms with van der Waals surface area (Å²) in [5.41, 5.74) is 10.8. The highest BCUT2D eigenvalue weighted by molar-refractivity contribution is 5.87. The maximum Gasteiger partial charge on any atom is 0.240 e. The quantitative estimate of drug-likeness (QED) is 0.422. The number of nitrogens with zero attached hydrogens (tertiary/aromatic N) is 1. The average Bonchev–Trinajstić information content (AvgIpc) is 2.82. The van der Waals surface area contributed by atoms with Crippen molar-refractivity contribution in [2.75, 3.05) is 0 Å². The molecule has 1 amide bonds. The molecule has 0 spiro atoms. The number of hydrogen-bond acceptors (Lipinski definition) is 2. The summed E-state index contributed by atoms with van der Waals surface area (Å²) in [6, 6.07) is -0.0827. The van der Waals surface area contributed by atoms with Crippen LogP contribution >= 0.6 is 0 Å². The van der Waals surface area contributed by atoms with E-state index in [1.807, 2.05) is 13.8 Å². The number of carbonyl (C=O) groups is 1. The molecule has 14 heavy (non-hydrogen) atoms. The van der Waals surface area contributed by atoms with Crippen LogP contribution in [0.5, 0.6) is 0 Å². The first-order chi connectivity index (χ1) is 6.50. The van der Waals surface area contributed by atoms with Crippen molar-refractivity contribution < 1.29 is 4.79 Å². The van der Waals surface area contributed by atoms with E-state index in [1.165, 1.54) is 0 Å². The third-order valence-electron chi connectivity index (χ3n) is 2.15. The van der Waals surface area contributed by atoms with Gasteiger partial charge in [-0.1, -0.05) is 13.8 Å². The second-order valence-corrected chi connectivity index (χ2v) is 4.01. The molecular weight excluding hydrogens is 180 g/mol. The van der Waals surface area contributed by atoms with E-state index < -0.39 is 11.9 Å². The van der Waals surface area contributed by atoms with Crippen molar-refractivity contribution in [1.82, 2.24) is 5.32 Å². The summed E-state index contributed by atoms with van der Waals surface area (Å²) < 4.78 is 0. The molecule has 1 fully saturated rings. The zero-order chi connectivity index (χ0) is 10.7. The van der Waals surface area contributed by atoms with Gasteiger partial charge in [-0.25, -0.2) is 0 Å². The zero-order valence-electron chi connectivity index (χ0n) is 8.66. The maximum atomic E-state index is 11.0. The smallest absolute Gasteiger partial charge is 0.240 e. The van der Waals surface area contributed by atoms with E-state index in [0.717, 1.165) is 12.8 Å². The van der Waals surface area contributed by atoms with Crippen molar-refractivity contribution in [2.24, 2.45) is 22.4 Å². The molecule has 0 radical (unpaired) electrons. The second kappa shape index (κ2) is 4.30. The zero-order valence-corrected chi connectivity index (χ0v) is 8.66. The van der Waals surface area contributed by atoms with Gasteiger partial charge in [-0.2, -0.15) is 0 Å². The van der Waals surface area contributed by atoms with Crippen LogP contribution in [0, 0.1) is 5.92 Å². The fraction of sp³-hybridized carbons (Fsp3) is 0.778. The monoisotopic (exact) mass is 198 g/mol. The molecule has 5 N–H and O–H groups in total. The number of rotatable bonds is 4. The van der Waals surface area contributed by atoms with Crippen molar-refractivity contribution in [3.05, 3.63) is 0 Å². The lowest BCUT2D eigenvalue weighted by atomic mass is 10.0. The summed E-state index contributed by atoms with van der Waals surface area (Å²) in [4.78, 5) is 15.2. The van der Waals surface area contributed by atoms with Crippen molar-refractivity contribution in [3.8, 4) is 0 Å².